The molecule has 1 aromatic rings. The molecule has 0 saturated carbocycles. The lowest BCUT2D eigenvalue weighted by Crippen LogP contribution is -2.16. The summed E-state index contributed by atoms with van der Waals surface area (Å²) in [5, 5.41) is 24.3. The van der Waals surface area contributed by atoms with E-state index < -0.39 is 21.4 Å². The van der Waals surface area contributed by atoms with E-state index in [1.54, 1.807) is 0 Å². The van der Waals surface area contributed by atoms with Gasteiger partial charge in [0.1, 0.15) is 5.69 Å². The van der Waals surface area contributed by atoms with Gasteiger partial charge in [-0.1, -0.05) is 40.0 Å². The van der Waals surface area contributed by atoms with Crippen LogP contribution in [0.1, 0.15) is 29.0 Å². The highest BCUT2D eigenvalue weighted by Gasteiger charge is 2.35. The third kappa shape index (κ3) is 3.72. The average molecular weight is 317 g/mol. The maximum Gasteiger partial charge on any atom is 0.358 e. The number of carbonyl (C=O) groups is 2. The topological polar surface area (TPSA) is 105 Å². The van der Waals surface area contributed by atoms with E-state index >= 15 is 0 Å². The monoisotopic (exact) mass is 315 g/mol. The Morgan fingerprint density at radius 1 is 1.28 bits per heavy atom. The van der Waals surface area contributed by atoms with Crippen molar-refractivity contribution in [3.63, 3.8) is 0 Å². The first-order valence-corrected chi connectivity index (χ1v) is 5.82. The van der Waals surface area contributed by atoms with E-state index in [0.717, 1.165) is 4.68 Å². The highest BCUT2D eigenvalue weighted by atomic mass is 35.6. The fraction of sp³-hybridized carbons (Fsp3) is 0.500. The van der Waals surface area contributed by atoms with Crippen molar-refractivity contribution in [1.29, 1.82) is 0 Å². The molecule has 0 fully saturated rings. The van der Waals surface area contributed by atoms with Crippen molar-refractivity contribution in [3.05, 3.63) is 11.4 Å². The van der Waals surface area contributed by atoms with Gasteiger partial charge in [0.15, 0.2) is 5.69 Å². The zero-order valence-corrected chi connectivity index (χ0v) is 11.1. The first-order valence-electron chi connectivity index (χ1n) is 4.69. The van der Waals surface area contributed by atoms with E-state index in [1.807, 2.05) is 0 Å². The molecule has 0 saturated heterocycles. The minimum atomic E-state index is -2.00. The van der Waals surface area contributed by atoms with Crippen molar-refractivity contribution >= 4 is 46.7 Å². The lowest BCUT2D eigenvalue weighted by atomic mass is 10.3. The molecule has 0 bridgehead atoms. The summed E-state index contributed by atoms with van der Waals surface area (Å²) < 4.78 is -0.917. The second-order valence-corrected chi connectivity index (χ2v) is 5.59. The quantitative estimate of drug-likeness (QED) is 0.800. The SMILES string of the molecule is O=C(O)CCCn1nnc(C(=O)O)c1C(Cl)(Cl)Cl. The van der Waals surface area contributed by atoms with Gasteiger partial charge >= 0.3 is 11.9 Å². The maximum atomic E-state index is 10.9. The highest BCUT2D eigenvalue weighted by molar-refractivity contribution is 6.66. The van der Waals surface area contributed by atoms with Crippen LogP contribution >= 0.6 is 34.8 Å². The second-order valence-electron chi connectivity index (χ2n) is 3.31. The summed E-state index contributed by atoms with van der Waals surface area (Å²) in [5.41, 5.74) is -0.657. The number of carboxylic acids is 2. The van der Waals surface area contributed by atoms with E-state index in [1.165, 1.54) is 0 Å². The summed E-state index contributed by atoms with van der Waals surface area (Å²) in [4.78, 5) is 21.2. The number of aromatic nitrogens is 3. The van der Waals surface area contributed by atoms with E-state index in [0.29, 0.717) is 0 Å². The van der Waals surface area contributed by atoms with Gasteiger partial charge in [0.2, 0.25) is 3.79 Å². The zero-order chi connectivity index (χ0) is 13.9. The van der Waals surface area contributed by atoms with Crippen molar-refractivity contribution in [2.24, 2.45) is 0 Å². The van der Waals surface area contributed by atoms with E-state index in [2.05, 4.69) is 10.3 Å². The van der Waals surface area contributed by atoms with Crippen LogP contribution in [0.4, 0.5) is 0 Å². The number of aliphatic carboxylic acids is 1. The minimum Gasteiger partial charge on any atom is -0.481 e. The lowest BCUT2D eigenvalue weighted by Gasteiger charge is -2.13. The molecular weight excluding hydrogens is 308 g/mol. The minimum absolute atomic E-state index is 0.0931. The van der Waals surface area contributed by atoms with Crippen molar-refractivity contribution in [2.75, 3.05) is 0 Å². The van der Waals surface area contributed by atoms with Gasteiger partial charge in [-0.25, -0.2) is 9.48 Å². The first kappa shape index (κ1) is 15.0. The smallest absolute Gasteiger partial charge is 0.358 e. The van der Waals surface area contributed by atoms with E-state index in [4.69, 9.17) is 45.0 Å². The van der Waals surface area contributed by atoms with Gasteiger partial charge < -0.3 is 10.2 Å². The fourth-order valence-corrected chi connectivity index (χ4v) is 1.84. The van der Waals surface area contributed by atoms with Crippen LogP contribution in [0.3, 0.4) is 0 Å². The summed E-state index contributed by atoms with van der Waals surface area (Å²) in [6, 6.07) is 0. The largest absolute Gasteiger partial charge is 0.481 e. The summed E-state index contributed by atoms with van der Waals surface area (Å²) in [6.07, 6.45) is 0.104. The van der Waals surface area contributed by atoms with Gasteiger partial charge in [0, 0.05) is 13.0 Å². The molecule has 0 aromatic carbocycles. The third-order valence-corrected chi connectivity index (χ3v) is 2.50. The molecular formula is C8H8Cl3N3O4. The Balaban J connectivity index is 2.98. The number of nitrogens with zero attached hydrogens (tertiary/aromatic N) is 3. The molecule has 0 aliphatic carbocycles. The number of aromatic carboxylic acids is 1. The molecule has 2 N–H and O–H groups in total. The molecule has 0 unspecified atom stereocenters. The Labute approximate surface area is 116 Å². The molecule has 0 spiro atoms. The van der Waals surface area contributed by atoms with Crippen molar-refractivity contribution in [1.82, 2.24) is 15.0 Å². The Bertz CT molecular complexity index is 469. The summed E-state index contributed by atoms with van der Waals surface area (Å²) in [7, 11) is 0. The van der Waals surface area contributed by atoms with E-state index in [-0.39, 0.29) is 25.1 Å². The number of halogens is 3. The lowest BCUT2D eigenvalue weighted by molar-refractivity contribution is -0.137. The molecule has 0 atom stereocenters. The molecule has 0 amide bonds. The number of hydrogen-bond acceptors (Lipinski definition) is 4. The summed E-state index contributed by atoms with van der Waals surface area (Å²) in [6.45, 7) is 0.0931. The third-order valence-electron chi connectivity index (χ3n) is 1.97. The summed E-state index contributed by atoms with van der Waals surface area (Å²) in [5.74, 6) is -2.36. The Morgan fingerprint density at radius 2 is 1.89 bits per heavy atom. The molecule has 0 radical (unpaired) electrons. The van der Waals surface area contributed by atoms with Crippen LogP contribution in [0.25, 0.3) is 0 Å². The normalized spacial score (nSPS) is 11.5. The van der Waals surface area contributed by atoms with Crippen LogP contribution in [0.5, 0.6) is 0 Å². The molecule has 0 aliphatic heterocycles. The Morgan fingerprint density at radius 3 is 2.33 bits per heavy atom. The average Bonchev–Trinajstić information content (AvgIpc) is 2.60. The van der Waals surface area contributed by atoms with Crippen LogP contribution < -0.4 is 0 Å². The van der Waals surface area contributed by atoms with Gasteiger partial charge in [-0.2, -0.15) is 0 Å². The zero-order valence-electron chi connectivity index (χ0n) is 8.81. The van der Waals surface area contributed by atoms with Crippen LogP contribution in [0.15, 0.2) is 0 Å². The maximum absolute atomic E-state index is 10.9. The van der Waals surface area contributed by atoms with Crippen LogP contribution in [0, 0.1) is 0 Å². The molecule has 100 valence electrons. The van der Waals surface area contributed by atoms with Crippen molar-refractivity contribution in [3.8, 4) is 0 Å². The molecule has 1 rings (SSSR count). The Kier molecular flexibility index (Phi) is 4.78. The molecule has 18 heavy (non-hydrogen) atoms. The second kappa shape index (κ2) is 5.73. The van der Waals surface area contributed by atoms with Crippen molar-refractivity contribution in [2.45, 2.75) is 23.2 Å². The first-order chi connectivity index (χ1) is 8.23. The predicted octanol–water partition coefficient (Wildman–Crippen LogP) is 1.67. The number of alkyl halides is 3. The predicted molar refractivity (Wildman–Crippen MR) is 63.1 cm³/mol. The molecule has 7 nitrogen and oxygen atoms in total. The highest BCUT2D eigenvalue weighted by Crippen LogP contribution is 2.39. The fourth-order valence-electron chi connectivity index (χ4n) is 1.27. The number of aryl methyl sites for hydroxylation is 1. The van der Waals surface area contributed by atoms with Gasteiger partial charge in [0.05, 0.1) is 0 Å². The van der Waals surface area contributed by atoms with Crippen LogP contribution in [-0.2, 0) is 15.1 Å². The van der Waals surface area contributed by atoms with E-state index in [9.17, 15) is 9.59 Å². The van der Waals surface area contributed by atoms with Gasteiger partial charge in [-0.05, 0) is 6.42 Å². The van der Waals surface area contributed by atoms with Gasteiger partial charge in [-0.15, -0.1) is 5.10 Å². The number of rotatable bonds is 5. The van der Waals surface area contributed by atoms with Gasteiger partial charge in [0.25, 0.3) is 0 Å². The molecule has 1 aromatic heterocycles. The van der Waals surface area contributed by atoms with Gasteiger partial charge in [-0.3, -0.25) is 4.79 Å². The molecule has 1 heterocycles. The standard InChI is InChI=1S/C8H8Cl3N3O4/c9-8(10,11)6-5(7(17)18)12-13-14(6)3-1-2-4(15)16/h1-3H2,(H,15,16)(H,17,18). The van der Waals surface area contributed by atoms with Crippen LogP contribution in [-0.4, -0.2) is 37.1 Å². The Hall–Kier alpha value is -1.05. The van der Waals surface area contributed by atoms with Crippen molar-refractivity contribution < 1.29 is 19.8 Å². The number of carboxylic acid groups (broad SMARTS) is 2. The number of hydrogen-bond donors (Lipinski definition) is 2. The molecule has 10 heteroatoms. The molecule has 0 aliphatic rings. The summed E-state index contributed by atoms with van der Waals surface area (Å²) >= 11 is 16.9. The van der Waals surface area contributed by atoms with Crippen LogP contribution in [0.2, 0.25) is 0 Å².